The third kappa shape index (κ3) is 4.54. The van der Waals surface area contributed by atoms with E-state index in [9.17, 15) is 14.9 Å². The van der Waals surface area contributed by atoms with Gasteiger partial charge in [-0.2, -0.15) is 5.26 Å². The minimum absolute atomic E-state index is 0.263. The van der Waals surface area contributed by atoms with Crippen molar-refractivity contribution in [1.82, 2.24) is 14.9 Å². The summed E-state index contributed by atoms with van der Waals surface area (Å²) < 4.78 is 6.74. The molecule has 2 aromatic carbocycles. The van der Waals surface area contributed by atoms with Crippen molar-refractivity contribution in [3.05, 3.63) is 68.7 Å². The molecule has 0 fully saturated rings. The third-order valence-corrected chi connectivity index (χ3v) is 4.97. The van der Waals surface area contributed by atoms with Gasteiger partial charge in [-0.3, -0.25) is 9.36 Å². The molecule has 0 radical (unpaired) electrons. The van der Waals surface area contributed by atoms with Gasteiger partial charge in [0.1, 0.15) is 11.4 Å². The Morgan fingerprint density at radius 3 is 2.58 bits per heavy atom. The standard InChI is InChI=1S/C23H23ClN4O3/c1-13-15(12-25)8-6-11-18(13)28-20(14(2)26-22(30)31-23(3,4)5)27-17-10-7-9-16(24)19(17)21(28)29/h6-11,14H,1-5H3,(H,26,30)/t14-/m0/s1. The summed E-state index contributed by atoms with van der Waals surface area (Å²) in [7, 11) is 0. The molecule has 0 saturated carbocycles. The molecule has 1 aromatic heterocycles. The Morgan fingerprint density at radius 2 is 1.94 bits per heavy atom. The van der Waals surface area contributed by atoms with Gasteiger partial charge in [-0.15, -0.1) is 0 Å². The first-order valence-electron chi connectivity index (χ1n) is 9.74. The summed E-state index contributed by atoms with van der Waals surface area (Å²) >= 11 is 6.31. The number of carbonyl (C=O) groups is 1. The van der Waals surface area contributed by atoms with Crippen molar-refractivity contribution in [2.24, 2.45) is 0 Å². The second-order valence-electron chi connectivity index (χ2n) is 8.17. The number of benzene rings is 2. The summed E-state index contributed by atoms with van der Waals surface area (Å²) in [5, 5.41) is 12.7. The quantitative estimate of drug-likeness (QED) is 0.633. The number of fused-ring (bicyclic) bond motifs is 1. The van der Waals surface area contributed by atoms with Gasteiger partial charge < -0.3 is 10.1 Å². The van der Waals surface area contributed by atoms with Gasteiger partial charge in [-0.1, -0.05) is 23.7 Å². The molecule has 3 aromatic rings. The number of aromatic nitrogens is 2. The lowest BCUT2D eigenvalue weighted by molar-refractivity contribution is 0.0505. The first kappa shape index (κ1) is 22.3. The van der Waals surface area contributed by atoms with Crippen LogP contribution in [-0.2, 0) is 4.74 Å². The zero-order valence-corrected chi connectivity index (χ0v) is 18.7. The number of hydrogen-bond acceptors (Lipinski definition) is 5. The molecule has 0 aliphatic heterocycles. The van der Waals surface area contributed by atoms with E-state index in [2.05, 4.69) is 16.4 Å². The molecule has 1 amide bonds. The highest BCUT2D eigenvalue weighted by atomic mass is 35.5. The van der Waals surface area contributed by atoms with Gasteiger partial charge >= 0.3 is 6.09 Å². The van der Waals surface area contributed by atoms with E-state index in [1.54, 1.807) is 71.0 Å². The Hall–Kier alpha value is -3.37. The van der Waals surface area contributed by atoms with Crippen LogP contribution in [0.3, 0.4) is 0 Å². The third-order valence-electron chi connectivity index (χ3n) is 4.66. The summed E-state index contributed by atoms with van der Waals surface area (Å²) in [4.78, 5) is 30.5. The van der Waals surface area contributed by atoms with Crippen molar-refractivity contribution in [3.63, 3.8) is 0 Å². The highest BCUT2D eigenvalue weighted by Crippen LogP contribution is 2.25. The molecule has 31 heavy (non-hydrogen) atoms. The van der Waals surface area contributed by atoms with Crippen LogP contribution in [0.4, 0.5) is 4.79 Å². The number of ether oxygens (including phenoxy) is 1. The normalized spacial score (nSPS) is 12.3. The summed E-state index contributed by atoms with van der Waals surface area (Å²) in [6.07, 6.45) is -0.630. The lowest BCUT2D eigenvalue weighted by Crippen LogP contribution is -2.37. The monoisotopic (exact) mass is 438 g/mol. The van der Waals surface area contributed by atoms with Gasteiger partial charge in [0, 0.05) is 0 Å². The summed E-state index contributed by atoms with van der Waals surface area (Å²) in [5.74, 6) is 0.295. The van der Waals surface area contributed by atoms with E-state index in [1.807, 2.05) is 0 Å². The van der Waals surface area contributed by atoms with E-state index in [0.717, 1.165) is 0 Å². The lowest BCUT2D eigenvalue weighted by atomic mass is 10.1. The van der Waals surface area contributed by atoms with Crippen molar-refractivity contribution in [1.29, 1.82) is 5.26 Å². The van der Waals surface area contributed by atoms with Gasteiger partial charge in [-0.25, -0.2) is 9.78 Å². The molecular formula is C23H23ClN4O3. The minimum atomic E-state index is -0.675. The summed E-state index contributed by atoms with van der Waals surface area (Å²) in [6.45, 7) is 8.76. The van der Waals surface area contributed by atoms with Crippen LogP contribution in [0.25, 0.3) is 16.6 Å². The molecule has 0 aliphatic carbocycles. The molecule has 0 unspecified atom stereocenters. The molecule has 0 aliphatic rings. The van der Waals surface area contributed by atoms with Gasteiger partial charge in [0.25, 0.3) is 5.56 Å². The van der Waals surface area contributed by atoms with Crippen LogP contribution in [0.1, 0.15) is 50.7 Å². The molecule has 8 heteroatoms. The van der Waals surface area contributed by atoms with Crippen molar-refractivity contribution in [2.75, 3.05) is 0 Å². The maximum atomic E-state index is 13.6. The topological polar surface area (TPSA) is 97.0 Å². The maximum absolute atomic E-state index is 13.6. The van der Waals surface area contributed by atoms with Crippen LogP contribution in [0, 0.1) is 18.3 Å². The molecule has 0 spiro atoms. The summed E-state index contributed by atoms with van der Waals surface area (Å²) in [6, 6.07) is 11.6. The number of nitriles is 1. The highest BCUT2D eigenvalue weighted by molar-refractivity contribution is 6.35. The molecule has 0 saturated heterocycles. The van der Waals surface area contributed by atoms with Crippen LogP contribution in [0.2, 0.25) is 5.02 Å². The fourth-order valence-corrected chi connectivity index (χ4v) is 3.52. The van der Waals surface area contributed by atoms with Crippen molar-refractivity contribution < 1.29 is 9.53 Å². The SMILES string of the molecule is Cc1c(C#N)cccc1-n1c([C@H](C)NC(=O)OC(C)(C)C)nc2cccc(Cl)c2c1=O. The van der Waals surface area contributed by atoms with Crippen LogP contribution in [-0.4, -0.2) is 21.2 Å². The Kier molecular flexibility index (Phi) is 6.05. The van der Waals surface area contributed by atoms with Gasteiger partial charge in [0.05, 0.1) is 39.3 Å². The fourth-order valence-electron chi connectivity index (χ4n) is 3.27. The number of nitrogens with zero attached hydrogens (tertiary/aromatic N) is 3. The predicted molar refractivity (Wildman–Crippen MR) is 120 cm³/mol. The van der Waals surface area contributed by atoms with E-state index in [0.29, 0.717) is 28.2 Å². The average molecular weight is 439 g/mol. The fraction of sp³-hybridized carbons (Fsp3) is 0.304. The van der Waals surface area contributed by atoms with Gasteiger partial charge in [0.15, 0.2) is 0 Å². The largest absolute Gasteiger partial charge is 0.444 e. The molecule has 1 N–H and O–H groups in total. The molecule has 1 atom stereocenters. The first-order chi connectivity index (χ1) is 14.5. The van der Waals surface area contributed by atoms with Crippen molar-refractivity contribution in [2.45, 2.75) is 46.3 Å². The zero-order valence-electron chi connectivity index (χ0n) is 18.0. The Bertz CT molecular complexity index is 1270. The molecule has 1 heterocycles. The van der Waals surface area contributed by atoms with E-state index in [-0.39, 0.29) is 16.0 Å². The minimum Gasteiger partial charge on any atom is -0.444 e. The molecular weight excluding hydrogens is 416 g/mol. The van der Waals surface area contributed by atoms with Crippen molar-refractivity contribution in [3.8, 4) is 11.8 Å². The van der Waals surface area contributed by atoms with E-state index < -0.39 is 17.7 Å². The van der Waals surface area contributed by atoms with E-state index in [4.69, 9.17) is 16.3 Å². The second-order valence-corrected chi connectivity index (χ2v) is 8.58. The lowest BCUT2D eigenvalue weighted by Gasteiger charge is -2.24. The van der Waals surface area contributed by atoms with E-state index in [1.165, 1.54) is 4.57 Å². The number of carbonyl (C=O) groups excluding carboxylic acids is 1. The Morgan fingerprint density at radius 1 is 1.26 bits per heavy atom. The van der Waals surface area contributed by atoms with Crippen LogP contribution in [0.5, 0.6) is 0 Å². The zero-order chi connectivity index (χ0) is 22.9. The highest BCUT2D eigenvalue weighted by Gasteiger charge is 2.24. The maximum Gasteiger partial charge on any atom is 0.408 e. The summed E-state index contributed by atoms with van der Waals surface area (Å²) in [5.41, 5.74) is 0.891. The average Bonchev–Trinajstić information content (AvgIpc) is 2.66. The number of hydrogen-bond donors (Lipinski definition) is 1. The Balaban J connectivity index is 2.26. The first-order valence-corrected chi connectivity index (χ1v) is 10.1. The van der Waals surface area contributed by atoms with E-state index >= 15 is 0 Å². The number of alkyl carbamates (subject to hydrolysis) is 1. The van der Waals surface area contributed by atoms with Crippen LogP contribution < -0.4 is 10.9 Å². The van der Waals surface area contributed by atoms with Gasteiger partial charge in [-0.05, 0) is 64.4 Å². The number of nitrogens with one attached hydrogen (secondary N) is 1. The number of halogens is 1. The van der Waals surface area contributed by atoms with Crippen LogP contribution >= 0.6 is 11.6 Å². The van der Waals surface area contributed by atoms with Crippen molar-refractivity contribution >= 4 is 28.6 Å². The second kappa shape index (κ2) is 8.40. The molecule has 3 rings (SSSR count). The Labute approximate surface area is 185 Å². The number of rotatable bonds is 3. The predicted octanol–water partition coefficient (Wildman–Crippen LogP) is 4.80. The van der Waals surface area contributed by atoms with Gasteiger partial charge in [0.2, 0.25) is 0 Å². The van der Waals surface area contributed by atoms with Crippen LogP contribution in [0.15, 0.2) is 41.2 Å². The smallest absolute Gasteiger partial charge is 0.408 e. The molecule has 7 nitrogen and oxygen atoms in total. The molecule has 160 valence electrons. The number of amides is 1. The molecule has 0 bridgehead atoms.